The Morgan fingerprint density at radius 1 is 1.10 bits per heavy atom. The zero-order valence-corrected chi connectivity index (χ0v) is 17.0. The first kappa shape index (κ1) is 19.5. The predicted molar refractivity (Wildman–Crippen MR) is 111 cm³/mol. The van der Waals surface area contributed by atoms with Crippen LogP contribution in [0.15, 0.2) is 46.9 Å². The van der Waals surface area contributed by atoms with Crippen molar-refractivity contribution in [3.8, 4) is 11.3 Å². The molecule has 7 heteroatoms. The summed E-state index contributed by atoms with van der Waals surface area (Å²) in [5, 5.41) is 0.691. The van der Waals surface area contributed by atoms with Crippen molar-refractivity contribution in [1.82, 2.24) is 9.88 Å². The second-order valence-electron chi connectivity index (χ2n) is 7.10. The Hall–Kier alpha value is -2.86. The smallest absolute Gasteiger partial charge is 0.292 e. The van der Waals surface area contributed by atoms with E-state index in [2.05, 4.69) is 9.88 Å². The molecule has 0 spiro atoms. The standard InChI is InChI=1S/C22H21ClFN3O2/c1-14-7-8-16(23)13-19(14)26-9-11-27(12-10-26)22(28)21-20(25-15(2)29-21)17-5-3-4-6-18(17)24/h3-8,13H,9-12H2,1-2H3. The molecule has 2 heterocycles. The average Bonchev–Trinajstić information content (AvgIpc) is 3.11. The van der Waals surface area contributed by atoms with Gasteiger partial charge in [-0.05, 0) is 36.8 Å². The quantitative estimate of drug-likeness (QED) is 0.623. The van der Waals surface area contributed by atoms with E-state index in [1.807, 2.05) is 25.1 Å². The number of carbonyl (C=O) groups is 1. The number of oxazole rings is 1. The number of piperazine rings is 1. The summed E-state index contributed by atoms with van der Waals surface area (Å²) in [6.45, 7) is 6.11. The number of rotatable bonds is 3. The summed E-state index contributed by atoms with van der Waals surface area (Å²) in [7, 11) is 0. The highest BCUT2D eigenvalue weighted by atomic mass is 35.5. The summed E-state index contributed by atoms with van der Waals surface area (Å²) in [6.07, 6.45) is 0. The fourth-order valence-electron chi connectivity index (χ4n) is 3.63. The zero-order valence-electron chi connectivity index (χ0n) is 16.3. The molecule has 0 unspecified atom stereocenters. The third-order valence-electron chi connectivity index (χ3n) is 5.14. The molecule has 2 aromatic carbocycles. The van der Waals surface area contributed by atoms with Crippen LogP contribution in [0.5, 0.6) is 0 Å². The maximum atomic E-state index is 14.3. The van der Waals surface area contributed by atoms with E-state index in [-0.39, 0.29) is 22.9 Å². The highest BCUT2D eigenvalue weighted by Crippen LogP contribution is 2.29. The number of amides is 1. The first-order valence-corrected chi connectivity index (χ1v) is 9.84. The molecule has 4 rings (SSSR count). The van der Waals surface area contributed by atoms with Crippen LogP contribution in [0.3, 0.4) is 0 Å². The van der Waals surface area contributed by atoms with Gasteiger partial charge in [0.1, 0.15) is 11.5 Å². The van der Waals surface area contributed by atoms with Crippen molar-refractivity contribution < 1.29 is 13.6 Å². The van der Waals surface area contributed by atoms with Gasteiger partial charge in [0.25, 0.3) is 5.91 Å². The van der Waals surface area contributed by atoms with E-state index < -0.39 is 5.82 Å². The molecule has 1 aliphatic heterocycles. The molecule has 5 nitrogen and oxygen atoms in total. The maximum absolute atomic E-state index is 14.3. The van der Waals surface area contributed by atoms with Gasteiger partial charge in [-0.25, -0.2) is 9.37 Å². The molecule has 29 heavy (non-hydrogen) atoms. The van der Waals surface area contributed by atoms with Crippen molar-refractivity contribution in [2.75, 3.05) is 31.1 Å². The Kier molecular flexibility index (Phi) is 5.28. The van der Waals surface area contributed by atoms with E-state index in [0.29, 0.717) is 37.1 Å². The monoisotopic (exact) mass is 413 g/mol. The predicted octanol–water partition coefficient (Wildman–Crippen LogP) is 4.71. The fourth-order valence-corrected chi connectivity index (χ4v) is 3.79. The summed E-state index contributed by atoms with van der Waals surface area (Å²) < 4.78 is 19.8. The number of carbonyl (C=O) groups excluding carboxylic acids is 1. The Morgan fingerprint density at radius 3 is 2.55 bits per heavy atom. The normalized spacial score (nSPS) is 14.3. The van der Waals surface area contributed by atoms with Gasteiger partial charge in [0.2, 0.25) is 5.76 Å². The summed E-state index contributed by atoms with van der Waals surface area (Å²) >= 11 is 6.14. The third-order valence-corrected chi connectivity index (χ3v) is 5.37. The Morgan fingerprint density at radius 2 is 1.83 bits per heavy atom. The molecule has 0 bridgehead atoms. The van der Waals surface area contributed by atoms with Gasteiger partial charge >= 0.3 is 0 Å². The lowest BCUT2D eigenvalue weighted by atomic mass is 10.1. The molecule has 1 fully saturated rings. The number of aromatic nitrogens is 1. The first-order chi connectivity index (χ1) is 13.9. The van der Waals surface area contributed by atoms with E-state index in [0.717, 1.165) is 11.3 Å². The average molecular weight is 414 g/mol. The first-order valence-electron chi connectivity index (χ1n) is 9.47. The Balaban J connectivity index is 1.54. The summed E-state index contributed by atoms with van der Waals surface area (Å²) in [4.78, 5) is 21.3. The molecule has 0 atom stereocenters. The highest BCUT2D eigenvalue weighted by molar-refractivity contribution is 6.30. The number of nitrogens with zero attached hydrogens (tertiary/aromatic N) is 3. The van der Waals surface area contributed by atoms with Crippen LogP contribution in [0.1, 0.15) is 22.0 Å². The molecule has 1 aromatic heterocycles. The lowest BCUT2D eigenvalue weighted by Gasteiger charge is -2.36. The summed E-state index contributed by atoms with van der Waals surface area (Å²) in [6, 6.07) is 12.1. The number of halogens is 2. The maximum Gasteiger partial charge on any atom is 0.292 e. The second-order valence-corrected chi connectivity index (χ2v) is 7.54. The molecule has 1 amide bonds. The Bertz CT molecular complexity index is 1060. The lowest BCUT2D eigenvalue weighted by Crippen LogP contribution is -2.49. The van der Waals surface area contributed by atoms with Gasteiger partial charge in [-0.3, -0.25) is 4.79 Å². The van der Waals surface area contributed by atoms with Gasteiger partial charge in [-0.1, -0.05) is 29.8 Å². The van der Waals surface area contributed by atoms with Gasteiger partial charge in [-0.2, -0.15) is 0 Å². The van der Waals surface area contributed by atoms with E-state index in [9.17, 15) is 9.18 Å². The number of hydrogen-bond donors (Lipinski definition) is 0. The summed E-state index contributed by atoms with van der Waals surface area (Å²) in [5.41, 5.74) is 2.73. The van der Waals surface area contributed by atoms with Crippen molar-refractivity contribution >= 4 is 23.2 Å². The third kappa shape index (κ3) is 3.85. The van der Waals surface area contributed by atoms with Crippen molar-refractivity contribution in [3.05, 3.63) is 70.5 Å². The topological polar surface area (TPSA) is 49.6 Å². The molecule has 0 radical (unpaired) electrons. The van der Waals surface area contributed by atoms with Crippen LogP contribution in [0.4, 0.5) is 10.1 Å². The zero-order chi connectivity index (χ0) is 20.5. The van der Waals surface area contributed by atoms with Crippen LogP contribution in [-0.2, 0) is 0 Å². The van der Waals surface area contributed by atoms with Crippen LogP contribution in [0.25, 0.3) is 11.3 Å². The van der Waals surface area contributed by atoms with Crippen LogP contribution < -0.4 is 4.90 Å². The van der Waals surface area contributed by atoms with Crippen molar-refractivity contribution in [1.29, 1.82) is 0 Å². The molecule has 3 aromatic rings. The van der Waals surface area contributed by atoms with Crippen LogP contribution >= 0.6 is 11.6 Å². The van der Waals surface area contributed by atoms with Crippen LogP contribution in [0.2, 0.25) is 5.02 Å². The van der Waals surface area contributed by atoms with Gasteiger partial charge in [0, 0.05) is 49.4 Å². The van der Waals surface area contributed by atoms with Crippen molar-refractivity contribution in [2.24, 2.45) is 0 Å². The van der Waals surface area contributed by atoms with Gasteiger partial charge in [0.15, 0.2) is 5.89 Å². The number of aryl methyl sites for hydroxylation is 2. The molecule has 1 aliphatic rings. The van der Waals surface area contributed by atoms with Crippen molar-refractivity contribution in [3.63, 3.8) is 0 Å². The molecular weight excluding hydrogens is 393 g/mol. The van der Waals surface area contributed by atoms with Crippen LogP contribution in [-0.4, -0.2) is 42.0 Å². The molecule has 150 valence electrons. The molecular formula is C22H21ClFN3O2. The van der Waals surface area contributed by atoms with E-state index in [1.165, 1.54) is 6.07 Å². The van der Waals surface area contributed by atoms with Gasteiger partial charge < -0.3 is 14.2 Å². The molecule has 0 aliphatic carbocycles. The minimum Gasteiger partial charge on any atom is -0.435 e. The van der Waals surface area contributed by atoms with Gasteiger partial charge in [0.05, 0.1) is 0 Å². The minimum atomic E-state index is -0.434. The van der Waals surface area contributed by atoms with Crippen molar-refractivity contribution in [2.45, 2.75) is 13.8 Å². The fraction of sp³-hybridized carbons (Fsp3) is 0.273. The summed E-state index contributed by atoms with van der Waals surface area (Å²) in [5.74, 6) is -0.290. The molecule has 1 saturated heterocycles. The number of anilines is 1. The minimum absolute atomic E-state index is 0.0833. The van der Waals surface area contributed by atoms with E-state index in [4.69, 9.17) is 16.0 Å². The van der Waals surface area contributed by atoms with Crippen LogP contribution in [0, 0.1) is 19.7 Å². The molecule has 0 saturated carbocycles. The largest absolute Gasteiger partial charge is 0.435 e. The molecule has 0 N–H and O–H groups in total. The number of hydrogen-bond acceptors (Lipinski definition) is 4. The highest BCUT2D eigenvalue weighted by Gasteiger charge is 2.29. The van der Waals surface area contributed by atoms with Gasteiger partial charge in [-0.15, -0.1) is 0 Å². The SMILES string of the molecule is Cc1nc(-c2ccccc2F)c(C(=O)N2CCN(c3cc(Cl)ccc3C)CC2)o1. The Labute approximate surface area is 173 Å². The van der Waals surface area contributed by atoms with E-state index >= 15 is 0 Å². The van der Waals surface area contributed by atoms with E-state index in [1.54, 1.807) is 30.0 Å². The number of benzene rings is 2. The second kappa shape index (κ2) is 7.87. The lowest BCUT2D eigenvalue weighted by molar-refractivity contribution is 0.0714.